The number of pyridine rings is 1. The molecule has 1 amide bonds. The molecule has 4 rings (SSSR count). The predicted molar refractivity (Wildman–Crippen MR) is 131 cm³/mol. The summed E-state index contributed by atoms with van der Waals surface area (Å²) in [5.74, 6) is 0.429. The lowest BCUT2D eigenvalue weighted by Crippen LogP contribution is -2.31. The van der Waals surface area contributed by atoms with E-state index in [1.165, 1.54) is 23.3 Å². The van der Waals surface area contributed by atoms with Crippen molar-refractivity contribution in [3.8, 4) is 0 Å². The zero-order chi connectivity index (χ0) is 23.2. The molecule has 0 radical (unpaired) electrons. The normalized spacial score (nSPS) is 14.8. The van der Waals surface area contributed by atoms with Gasteiger partial charge in [-0.2, -0.15) is 0 Å². The maximum Gasteiger partial charge on any atom is 0.258 e. The second-order valence-electron chi connectivity index (χ2n) is 8.85. The van der Waals surface area contributed by atoms with Gasteiger partial charge in [0.15, 0.2) is 0 Å². The molecular formula is C27H31FN4O. The largest absolute Gasteiger partial charge is 0.355 e. The van der Waals surface area contributed by atoms with Crippen LogP contribution in [0.15, 0.2) is 66.9 Å². The minimum Gasteiger partial charge on any atom is -0.355 e. The molecule has 2 aromatic carbocycles. The molecule has 0 spiro atoms. The topological polar surface area (TPSA) is 48.5 Å². The number of aromatic nitrogens is 1. The summed E-state index contributed by atoms with van der Waals surface area (Å²) in [6, 6.07) is 18.6. The van der Waals surface area contributed by atoms with Gasteiger partial charge in [-0.15, -0.1) is 0 Å². The third-order valence-electron chi connectivity index (χ3n) is 6.09. The van der Waals surface area contributed by atoms with Crippen molar-refractivity contribution < 1.29 is 9.18 Å². The summed E-state index contributed by atoms with van der Waals surface area (Å²) in [6.07, 6.45) is 2.70. The summed E-state index contributed by atoms with van der Waals surface area (Å²) < 4.78 is 13.8. The summed E-state index contributed by atoms with van der Waals surface area (Å²) in [5.41, 5.74) is 3.29. The van der Waals surface area contributed by atoms with Crippen molar-refractivity contribution in [1.29, 1.82) is 0 Å². The van der Waals surface area contributed by atoms with E-state index >= 15 is 0 Å². The number of benzene rings is 2. The van der Waals surface area contributed by atoms with Crippen LogP contribution < -0.4 is 10.2 Å². The lowest BCUT2D eigenvalue weighted by atomic mass is 10.0. The Balaban J connectivity index is 1.32. The molecule has 1 N–H and O–H groups in total. The number of hydrogen-bond acceptors (Lipinski definition) is 4. The lowest BCUT2D eigenvalue weighted by molar-refractivity contribution is 0.102. The number of amides is 1. The highest BCUT2D eigenvalue weighted by molar-refractivity contribution is 6.04. The Bertz CT molecular complexity index is 1070. The number of rotatable bonds is 6. The molecule has 1 aliphatic rings. The quantitative estimate of drug-likeness (QED) is 0.558. The molecule has 1 fully saturated rings. The monoisotopic (exact) mass is 446 g/mol. The first-order valence-electron chi connectivity index (χ1n) is 11.6. The molecule has 1 aliphatic heterocycles. The molecule has 6 heteroatoms. The summed E-state index contributed by atoms with van der Waals surface area (Å²) in [6.45, 7) is 9.26. The van der Waals surface area contributed by atoms with E-state index in [9.17, 15) is 9.18 Å². The van der Waals surface area contributed by atoms with Gasteiger partial charge in [0.2, 0.25) is 0 Å². The predicted octanol–water partition coefficient (Wildman–Crippen LogP) is 5.31. The molecule has 0 aliphatic carbocycles. The lowest BCUT2D eigenvalue weighted by Gasteiger charge is -2.23. The van der Waals surface area contributed by atoms with Crippen molar-refractivity contribution in [1.82, 2.24) is 9.88 Å². The van der Waals surface area contributed by atoms with Gasteiger partial charge in [0.1, 0.15) is 11.6 Å². The van der Waals surface area contributed by atoms with Gasteiger partial charge in [-0.05, 0) is 47.7 Å². The summed E-state index contributed by atoms with van der Waals surface area (Å²) in [5, 5.41) is 2.72. The van der Waals surface area contributed by atoms with Gasteiger partial charge in [0, 0.05) is 32.7 Å². The third-order valence-corrected chi connectivity index (χ3v) is 6.09. The van der Waals surface area contributed by atoms with E-state index in [0.717, 1.165) is 45.0 Å². The maximum atomic E-state index is 13.8. The Morgan fingerprint density at radius 1 is 1.00 bits per heavy atom. The highest BCUT2D eigenvalue weighted by atomic mass is 19.1. The van der Waals surface area contributed by atoms with Crippen LogP contribution in [-0.4, -0.2) is 42.0 Å². The van der Waals surface area contributed by atoms with Crippen LogP contribution in [0.25, 0.3) is 0 Å². The number of carbonyl (C=O) groups excluding carboxylic acids is 1. The van der Waals surface area contributed by atoms with Crippen LogP contribution in [0.1, 0.15) is 47.7 Å². The fourth-order valence-corrected chi connectivity index (χ4v) is 4.12. The van der Waals surface area contributed by atoms with Gasteiger partial charge < -0.3 is 10.2 Å². The second kappa shape index (κ2) is 10.6. The van der Waals surface area contributed by atoms with E-state index in [4.69, 9.17) is 0 Å². The maximum absolute atomic E-state index is 13.8. The number of halogens is 1. The Morgan fingerprint density at radius 2 is 1.79 bits per heavy atom. The van der Waals surface area contributed by atoms with Crippen LogP contribution >= 0.6 is 0 Å². The molecule has 1 aromatic heterocycles. The fraction of sp³-hybridized carbons (Fsp3) is 0.333. The van der Waals surface area contributed by atoms with E-state index in [0.29, 0.717) is 11.6 Å². The number of hydrogen-bond donors (Lipinski definition) is 1. The molecule has 172 valence electrons. The Labute approximate surface area is 195 Å². The van der Waals surface area contributed by atoms with Crippen molar-refractivity contribution in [2.75, 3.05) is 36.4 Å². The van der Waals surface area contributed by atoms with Crippen molar-refractivity contribution in [2.45, 2.75) is 32.7 Å². The molecule has 1 saturated heterocycles. The third kappa shape index (κ3) is 5.96. The van der Waals surface area contributed by atoms with E-state index < -0.39 is 11.7 Å². The average Bonchev–Trinajstić information content (AvgIpc) is 3.06. The van der Waals surface area contributed by atoms with Crippen LogP contribution in [0, 0.1) is 5.82 Å². The SMILES string of the molecule is CC(C)c1ccc(CN2CCCN(c3ccc(NC(=O)c4ccccc4F)cn3)CC2)cc1. The Kier molecular flexibility index (Phi) is 7.35. The molecule has 0 bridgehead atoms. The Morgan fingerprint density at radius 3 is 2.48 bits per heavy atom. The average molecular weight is 447 g/mol. The standard InChI is InChI=1S/C27H31FN4O/c1-20(2)22-10-8-21(9-11-22)19-31-14-5-15-32(17-16-31)26-13-12-23(18-29-26)30-27(33)24-6-3-4-7-25(24)28/h3-4,6-13,18,20H,5,14-17,19H2,1-2H3,(H,30,33). The minimum absolute atomic E-state index is 0.0213. The first kappa shape index (κ1) is 22.9. The number of nitrogens with zero attached hydrogens (tertiary/aromatic N) is 3. The van der Waals surface area contributed by atoms with Crippen LogP contribution in [0.2, 0.25) is 0 Å². The van der Waals surface area contributed by atoms with Crippen molar-refractivity contribution in [2.24, 2.45) is 0 Å². The van der Waals surface area contributed by atoms with Crippen LogP contribution in [-0.2, 0) is 6.54 Å². The van der Waals surface area contributed by atoms with E-state index in [2.05, 4.69) is 58.2 Å². The van der Waals surface area contributed by atoms with Crippen molar-refractivity contribution in [3.63, 3.8) is 0 Å². The molecule has 0 unspecified atom stereocenters. The second-order valence-corrected chi connectivity index (χ2v) is 8.85. The first-order chi connectivity index (χ1) is 16.0. The van der Waals surface area contributed by atoms with Gasteiger partial charge in [0.25, 0.3) is 5.91 Å². The van der Waals surface area contributed by atoms with Crippen LogP contribution in [0.5, 0.6) is 0 Å². The smallest absolute Gasteiger partial charge is 0.258 e. The summed E-state index contributed by atoms with van der Waals surface area (Å²) in [4.78, 5) is 21.6. The van der Waals surface area contributed by atoms with E-state index in [1.54, 1.807) is 18.3 Å². The van der Waals surface area contributed by atoms with E-state index in [1.807, 2.05) is 12.1 Å². The number of carbonyl (C=O) groups is 1. The van der Waals surface area contributed by atoms with Gasteiger partial charge in [-0.3, -0.25) is 9.69 Å². The van der Waals surface area contributed by atoms with Gasteiger partial charge >= 0.3 is 0 Å². The van der Waals surface area contributed by atoms with Crippen LogP contribution in [0.4, 0.5) is 15.9 Å². The van der Waals surface area contributed by atoms with Gasteiger partial charge in [-0.25, -0.2) is 9.37 Å². The Hall–Kier alpha value is -3.25. The highest BCUT2D eigenvalue weighted by Gasteiger charge is 2.17. The molecule has 0 atom stereocenters. The fourth-order valence-electron chi connectivity index (χ4n) is 4.12. The highest BCUT2D eigenvalue weighted by Crippen LogP contribution is 2.19. The molecule has 33 heavy (non-hydrogen) atoms. The van der Waals surface area contributed by atoms with Crippen LogP contribution in [0.3, 0.4) is 0 Å². The zero-order valence-electron chi connectivity index (χ0n) is 19.3. The number of anilines is 2. The van der Waals surface area contributed by atoms with Crippen molar-refractivity contribution in [3.05, 3.63) is 89.4 Å². The molecule has 2 heterocycles. The van der Waals surface area contributed by atoms with E-state index in [-0.39, 0.29) is 5.56 Å². The molecule has 3 aromatic rings. The molecular weight excluding hydrogens is 415 g/mol. The summed E-state index contributed by atoms with van der Waals surface area (Å²) in [7, 11) is 0. The van der Waals surface area contributed by atoms with Gasteiger partial charge in [0.05, 0.1) is 17.4 Å². The number of nitrogens with one attached hydrogen (secondary N) is 1. The molecule has 0 saturated carbocycles. The first-order valence-corrected chi connectivity index (χ1v) is 11.6. The van der Waals surface area contributed by atoms with Crippen molar-refractivity contribution >= 4 is 17.4 Å². The van der Waals surface area contributed by atoms with Gasteiger partial charge in [-0.1, -0.05) is 50.2 Å². The zero-order valence-corrected chi connectivity index (χ0v) is 19.3. The minimum atomic E-state index is -0.537. The summed E-state index contributed by atoms with van der Waals surface area (Å²) >= 11 is 0. The molecule has 5 nitrogen and oxygen atoms in total.